The van der Waals surface area contributed by atoms with Gasteiger partial charge in [-0.2, -0.15) is 0 Å². The summed E-state index contributed by atoms with van der Waals surface area (Å²) in [6, 6.07) is 11.9. The molecule has 0 aliphatic heterocycles. The van der Waals surface area contributed by atoms with Gasteiger partial charge in [-0.25, -0.2) is 0 Å². The molecule has 16 heavy (non-hydrogen) atoms. The smallest absolute Gasteiger partial charge is 0.0430 e. The molecule has 0 aliphatic rings. The topological polar surface area (TPSA) is 26.0 Å². The van der Waals surface area contributed by atoms with Crippen molar-refractivity contribution in [3.05, 3.63) is 57.2 Å². The average molecular weight is 252 g/mol. The van der Waals surface area contributed by atoms with Crippen molar-refractivity contribution >= 4 is 22.9 Å². The first-order chi connectivity index (χ1) is 7.58. The molecular weight excluding hydrogens is 238 g/mol. The molecule has 0 radical (unpaired) electrons. The molecule has 0 saturated heterocycles. The summed E-state index contributed by atoms with van der Waals surface area (Å²) in [6.45, 7) is 2.04. The Morgan fingerprint density at radius 2 is 2.12 bits per heavy atom. The van der Waals surface area contributed by atoms with Gasteiger partial charge in [0.2, 0.25) is 0 Å². The van der Waals surface area contributed by atoms with Gasteiger partial charge in [-0.05, 0) is 36.1 Å². The van der Waals surface area contributed by atoms with Gasteiger partial charge < -0.3 is 5.73 Å². The second-order valence-electron chi connectivity index (χ2n) is 4.18. The molecule has 84 valence electrons. The molecule has 1 heterocycles. The van der Waals surface area contributed by atoms with Crippen LogP contribution in [-0.2, 0) is 12.0 Å². The Balaban J connectivity index is 2.24. The predicted octanol–water partition coefficient (Wildman–Crippen LogP) is 3.82. The van der Waals surface area contributed by atoms with E-state index in [4.69, 9.17) is 17.3 Å². The van der Waals surface area contributed by atoms with Gasteiger partial charge in [0.05, 0.1) is 0 Å². The fourth-order valence-electron chi connectivity index (χ4n) is 1.72. The molecule has 0 spiro atoms. The summed E-state index contributed by atoms with van der Waals surface area (Å²) in [6.07, 6.45) is 0.838. The van der Waals surface area contributed by atoms with E-state index in [1.165, 1.54) is 4.88 Å². The molecule has 0 aliphatic carbocycles. The number of benzene rings is 1. The third-order valence-electron chi connectivity index (χ3n) is 2.61. The minimum Gasteiger partial charge on any atom is -0.321 e. The standard InChI is InChI=1S/C13H14ClNS/c1-13(15,9-12-6-3-7-16-12)10-4-2-5-11(14)8-10/h2-8H,9,15H2,1H3. The first-order valence-corrected chi connectivity index (χ1v) is 6.41. The summed E-state index contributed by atoms with van der Waals surface area (Å²) in [5.41, 5.74) is 7.06. The Labute approximate surface area is 105 Å². The molecule has 1 aromatic heterocycles. The second-order valence-corrected chi connectivity index (χ2v) is 5.65. The van der Waals surface area contributed by atoms with Crippen LogP contribution in [0.3, 0.4) is 0 Å². The van der Waals surface area contributed by atoms with Crippen molar-refractivity contribution in [3.8, 4) is 0 Å². The fourth-order valence-corrected chi connectivity index (χ4v) is 2.78. The van der Waals surface area contributed by atoms with Gasteiger partial charge in [-0.1, -0.05) is 29.8 Å². The van der Waals surface area contributed by atoms with Crippen molar-refractivity contribution in [2.45, 2.75) is 18.9 Å². The van der Waals surface area contributed by atoms with E-state index in [1.54, 1.807) is 11.3 Å². The van der Waals surface area contributed by atoms with E-state index in [9.17, 15) is 0 Å². The lowest BCUT2D eigenvalue weighted by Gasteiger charge is -2.24. The Morgan fingerprint density at radius 1 is 1.31 bits per heavy atom. The van der Waals surface area contributed by atoms with Gasteiger partial charge in [0.1, 0.15) is 0 Å². The van der Waals surface area contributed by atoms with Crippen LogP contribution < -0.4 is 5.73 Å². The molecule has 0 amide bonds. The molecule has 0 saturated carbocycles. The van der Waals surface area contributed by atoms with Crippen LogP contribution in [0.4, 0.5) is 0 Å². The molecular formula is C13H14ClNS. The first-order valence-electron chi connectivity index (χ1n) is 5.15. The van der Waals surface area contributed by atoms with Gasteiger partial charge in [0.15, 0.2) is 0 Å². The summed E-state index contributed by atoms with van der Waals surface area (Å²) in [5.74, 6) is 0. The molecule has 2 N–H and O–H groups in total. The summed E-state index contributed by atoms with van der Waals surface area (Å²) < 4.78 is 0. The van der Waals surface area contributed by atoms with Crippen molar-refractivity contribution in [2.75, 3.05) is 0 Å². The van der Waals surface area contributed by atoms with Crippen LogP contribution >= 0.6 is 22.9 Å². The maximum Gasteiger partial charge on any atom is 0.0430 e. The van der Waals surface area contributed by atoms with E-state index >= 15 is 0 Å². The summed E-state index contributed by atoms with van der Waals surface area (Å²) >= 11 is 7.72. The van der Waals surface area contributed by atoms with Crippen LogP contribution in [-0.4, -0.2) is 0 Å². The van der Waals surface area contributed by atoms with E-state index in [2.05, 4.69) is 11.4 Å². The summed E-state index contributed by atoms with van der Waals surface area (Å²) in [5, 5.41) is 2.81. The molecule has 2 aromatic rings. The van der Waals surface area contributed by atoms with E-state index in [-0.39, 0.29) is 5.54 Å². The average Bonchev–Trinajstić information content (AvgIpc) is 2.70. The zero-order valence-corrected chi connectivity index (χ0v) is 10.7. The van der Waals surface area contributed by atoms with Crippen molar-refractivity contribution in [2.24, 2.45) is 5.73 Å². The quantitative estimate of drug-likeness (QED) is 0.882. The molecule has 0 bridgehead atoms. The highest BCUT2D eigenvalue weighted by Crippen LogP contribution is 2.26. The molecule has 0 fully saturated rings. The van der Waals surface area contributed by atoms with Crippen molar-refractivity contribution < 1.29 is 0 Å². The van der Waals surface area contributed by atoms with E-state index in [1.807, 2.05) is 37.3 Å². The minimum atomic E-state index is -0.365. The van der Waals surface area contributed by atoms with Crippen LogP contribution in [0.25, 0.3) is 0 Å². The van der Waals surface area contributed by atoms with Crippen LogP contribution in [0, 0.1) is 0 Å². The maximum atomic E-state index is 6.35. The Bertz CT molecular complexity index is 463. The highest BCUT2D eigenvalue weighted by molar-refractivity contribution is 7.09. The lowest BCUT2D eigenvalue weighted by Crippen LogP contribution is -2.35. The zero-order chi connectivity index (χ0) is 11.6. The molecule has 1 unspecified atom stereocenters. The van der Waals surface area contributed by atoms with E-state index in [0.717, 1.165) is 17.0 Å². The Hall–Kier alpha value is -0.830. The Morgan fingerprint density at radius 3 is 2.75 bits per heavy atom. The predicted molar refractivity (Wildman–Crippen MR) is 71.0 cm³/mol. The molecule has 2 rings (SSSR count). The highest BCUT2D eigenvalue weighted by Gasteiger charge is 2.22. The van der Waals surface area contributed by atoms with Gasteiger partial charge in [0.25, 0.3) is 0 Å². The number of nitrogens with two attached hydrogens (primary N) is 1. The number of rotatable bonds is 3. The number of thiophene rings is 1. The maximum absolute atomic E-state index is 6.35. The molecule has 3 heteroatoms. The van der Waals surface area contributed by atoms with E-state index in [0.29, 0.717) is 0 Å². The third kappa shape index (κ3) is 2.64. The van der Waals surface area contributed by atoms with E-state index < -0.39 is 0 Å². The third-order valence-corrected chi connectivity index (χ3v) is 3.72. The van der Waals surface area contributed by atoms with Gasteiger partial charge in [-0.3, -0.25) is 0 Å². The van der Waals surface area contributed by atoms with Crippen molar-refractivity contribution in [1.82, 2.24) is 0 Å². The first kappa shape index (κ1) is 11.6. The number of hydrogen-bond donors (Lipinski definition) is 1. The van der Waals surface area contributed by atoms with Crippen molar-refractivity contribution in [3.63, 3.8) is 0 Å². The molecule has 1 atom stereocenters. The second kappa shape index (κ2) is 4.58. The normalized spacial score (nSPS) is 14.7. The van der Waals surface area contributed by atoms with Gasteiger partial charge in [0, 0.05) is 21.9 Å². The molecule has 1 aromatic carbocycles. The monoisotopic (exact) mass is 251 g/mol. The number of hydrogen-bond acceptors (Lipinski definition) is 2. The minimum absolute atomic E-state index is 0.365. The SMILES string of the molecule is CC(N)(Cc1cccs1)c1cccc(Cl)c1. The summed E-state index contributed by atoms with van der Waals surface area (Å²) in [4.78, 5) is 1.30. The van der Waals surface area contributed by atoms with Crippen LogP contribution in [0.1, 0.15) is 17.4 Å². The lowest BCUT2D eigenvalue weighted by molar-refractivity contribution is 0.495. The van der Waals surface area contributed by atoms with Crippen LogP contribution in [0.15, 0.2) is 41.8 Å². The Kier molecular flexibility index (Phi) is 3.33. The fraction of sp³-hybridized carbons (Fsp3) is 0.231. The molecule has 1 nitrogen and oxygen atoms in total. The van der Waals surface area contributed by atoms with Crippen LogP contribution in [0.2, 0.25) is 5.02 Å². The van der Waals surface area contributed by atoms with Gasteiger partial charge in [-0.15, -0.1) is 11.3 Å². The highest BCUT2D eigenvalue weighted by atomic mass is 35.5. The number of halogens is 1. The lowest BCUT2D eigenvalue weighted by atomic mass is 9.89. The van der Waals surface area contributed by atoms with Gasteiger partial charge >= 0.3 is 0 Å². The largest absolute Gasteiger partial charge is 0.321 e. The zero-order valence-electron chi connectivity index (χ0n) is 9.11. The van der Waals surface area contributed by atoms with Crippen molar-refractivity contribution in [1.29, 1.82) is 0 Å². The van der Waals surface area contributed by atoms with Crippen LogP contribution in [0.5, 0.6) is 0 Å². The summed E-state index contributed by atoms with van der Waals surface area (Å²) in [7, 11) is 0.